The first-order chi connectivity index (χ1) is 9.99. The molecule has 0 unspecified atom stereocenters. The van der Waals surface area contributed by atoms with E-state index in [4.69, 9.17) is 5.73 Å². The summed E-state index contributed by atoms with van der Waals surface area (Å²) in [6.45, 7) is 0. The molecule has 0 radical (unpaired) electrons. The minimum atomic E-state index is -0.897. The molecule has 1 atom stereocenters. The van der Waals surface area contributed by atoms with E-state index in [1.54, 1.807) is 12.1 Å². The predicted molar refractivity (Wildman–Crippen MR) is 78.6 cm³/mol. The number of hydrogen-bond donors (Lipinski definition) is 4. The van der Waals surface area contributed by atoms with Crippen LogP contribution in [0.4, 0.5) is 5.95 Å². The molecule has 0 aliphatic carbocycles. The van der Waals surface area contributed by atoms with Crippen LogP contribution in [-0.2, 0) is 11.2 Å². The smallest absolute Gasteiger partial charge is 0.311 e. The number of aliphatic carboxylic acids is 1. The van der Waals surface area contributed by atoms with Gasteiger partial charge in [0, 0.05) is 4.88 Å². The molecule has 2 aromatic heterocycles. The first kappa shape index (κ1) is 15.0. The number of hydrogen-bond acceptors (Lipinski definition) is 6. The van der Waals surface area contributed by atoms with Crippen LogP contribution in [0, 0.1) is 0 Å². The van der Waals surface area contributed by atoms with Gasteiger partial charge in [-0.25, -0.2) is 0 Å². The standard InChI is InChI=1S/C13H15N3O4S/c14-13-15-10(17)8(11(18)16-13)4-1-3-7(12(19)20)9-5-2-6-21-9/h2,5-7H,1,3-4H2,(H,19,20)(H4,14,15,16,17,18)/t7-/m0/s1. The predicted octanol–water partition coefficient (Wildman–Crippen LogP) is 1.31. The van der Waals surface area contributed by atoms with E-state index in [-0.39, 0.29) is 17.9 Å². The van der Waals surface area contributed by atoms with Gasteiger partial charge >= 0.3 is 5.97 Å². The number of thiophene rings is 1. The van der Waals surface area contributed by atoms with Crippen molar-refractivity contribution in [2.75, 3.05) is 5.73 Å². The van der Waals surface area contributed by atoms with Gasteiger partial charge in [0.05, 0.1) is 11.5 Å². The zero-order valence-corrected chi connectivity index (χ0v) is 11.9. The number of anilines is 1. The Hall–Kier alpha value is -2.35. The van der Waals surface area contributed by atoms with E-state index in [2.05, 4.69) is 9.97 Å². The Labute approximate surface area is 124 Å². The quantitative estimate of drug-likeness (QED) is 0.636. The Kier molecular flexibility index (Phi) is 4.59. The number of nitrogens with two attached hydrogens (primary N) is 1. The van der Waals surface area contributed by atoms with Gasteiger partial charge in [0.1, 0.15) is 0 Å². The second-order valence-corrected chi connectivity index (χ2v) is 5.53. The highest BCUT2D eigenvalue weighted by molar-refractivity contribution is 7.10. The van der Waals surface area contributed by atoms with E-state index in [0.29, 0.717) is 12.8 Å². The molecule has 0 amide bonds. The molecule has 0 saturated heterocycles. The van der Waals surface area contributed by atoms with Crippen LogP contribution in [0.15, 0.2) is 22.3 Å². The van der Waals surface area contributed by atoms with Gasteiger partial charge in [-0.05, 0) is 30.7 Å². The molecule has 0 fully saturated rings. The summed E-state index contributed by atoms with van der Waals surface area (Å²) in [5.74, 6) is -2.05. The van der Waals surface area contributed by atoms with Gasteiger partial charge in [0.2, 0.25) is 11.8 Å². The average molecular weight is 309 g/mol. The number of rotatable bonds is 6. The molecular weight excluding hydrogens is 294 g/mol. The van der Waals surface area contributed by atoms with Crippen molar-refractivity contribution in [2.45, 2.75) is 25.2 Å². The summed E-state index contributed by atoms with van der Waals surface area (Å²) in [5, 5.41) is 20.7. The number of carbonyl (C=O) groups is 1. The molecule has 112 valence electrons. The Morgan fingerprint density at radius 2 is 2.29 bits per heavy atom. The van der Waals surface area contributed by atoms with Crippen LogP contribution in [0.3, 0.4) is 0 Å². The number of aromatic hydroxyl groups is 1. The number of aromatic nitrogens is 2. The molecular formula is C13H15N3O4S. The first-order valence-electron chi connectivity index (χ1n) is 6.33. The van der Waals surface area contributed by atoms with Crippen molar-refractivity contribution < 1.29 is 15.0 Å². The molecule has 21 heavy (non-hydrogen) atoms. The third-order valence-electron chi connectivity index (χ3n) is 3.12. The van der Waals surface area contributed by atoms with Gasteiger partial charge in [-0.3, -0.25) is 14.6 Å². The fraction of sp³-hybridized carbons (Fsp3) is 0.308. The third kappa shape index (κ3) is 3.60. The van der Waals surface area contributed by atoms with Crippen LogP contribution in [0.1, 0.15) is 29.2 Å². The van der Waals surface area contributed by atoms with Gasteiger partial charge in [-0.1, -0.05) is 6.07 Å². The van der Waals surface area contributed by atoms with Crippen molar-refractivity contribution in [3.8, 4) is 5.88 Å². The number of H-pyrrole nitrogens is 1. The van der Waals surface area contributed by atoms with Crippen LogP contribution in [0.5, 0.6) is 5.88 Å². The Morgan fingerprint density at radius 1 is 1.52 bits per heavy atom. The third-order valence-corrected chi connectivity index (χ3v) is 4.10. The lowest BCUT2D eigenvalue weighted by atomic mass is 9.99. The maximum Gasteiger partial charge on any atom is 0.311 e. The van der Waals surface area contributed by atoms with Crippen molar-refractivity contribution in [2.24, 2.45) is 0 Å². The lowest BCUT2D eigenvalue weighted by Crippen LogP contribution is -2.17. The summed E-state index contributed by atoms with van der Waals surface area (Å²) in [6, 6.07) is 3.58. The highest BCUT2D eigenvalue weighted by Crippen LogP contribution is 2.27. The number of aromatic amines is 1. The van der Waals surface area contributed by atoms with Crippen molar-refractivity contribution in [3.63, 3.8) is 0 Å². The van der Waals surface area contributed by atoms with Gasteiger partial charge in [-0.2, -0.15) is 4.98 Å². The van der Waals surface area contributed by atoms with Gasteiger partial charge < -0.3 is 15.9 Å². The van der Waals surface area contributed by atoms with Crippen LogP contribution in [0.25, 0.3) is 0 Å². The Balaban J connectivity index is 2.04. The fourth-order valence-corrected chi connectivity index (χ4v) is 2.94. The van der Waals surface area contributed by atoms with E-state index in [1.165, 1.54) is 11.3 Å². The van der Waals surface area contributed by atoms with Crippen molar-refractivity contribution in [3.05, 3.63) is 38.3 Å². The van der Waals surface area contributed by atoms with Crippen molar-refractivity contribution >= 4 is 23.3 Å². The largest absolute Gasteiger partial charge is 0.493 e. The normalized spacial score (nSPS) is 12.2. The van der Waals surface area contributed by atoms with Crippen LogP contribution in [-0.4, -0.2) is 26.2 Å². The molecule has 7 nitrogen and oxygen atoms in total. The molecule has 0 spiro atoms. The summed E-state index contributed by atoms with van der Waals surface area (Å²) < 4.78 is 0. The van der Waals surface area contributed by atoms with Crippen molar-refractivity contribution in [1.29, 1.82) is 0 Å². The zero-order chi connectivity index (χ0) is 15.4. The zero-order valence-electron chi connectivity index (χ0n) is 11.1. The van der Waals surface area contributed by atoms with Gasteiger partial charge in [0.15, 0.2) is 0 Å². The summed E-state index contributed by atoms with van der Waals surface area (Å²) >= 11 is 1.39. The monoisotopic (exact) mass is 309 g/mol. The topological polar surface area (TPSA) is 129 Å². The van der Waals surface area contributed by atoms with Crippen LogP contribution in [0.2, 0.25) is 0 Å². The summed E-state index contributed by atoms with van der Waals surface area (Å²) in [7, 11) is 0. The summed E-state index contributed by atoms with van der Waals surface area (Å²) in [4.78, 5) is 29.6. The fourth-order valence-electron chi connectivity index (χ4n) is 2.09. The maximum absolute atomic E-state index is 11.6. The Bertz CT molecular complexity index is 681. The number of carboxylic acid groups (broad SMARTS) is 1. The van der Waals surface area contributed by atoms with E-state index in [9.17, 15) is 19.8 Å². The molecule has 2 aromatic rings. The molecule has 5 N–H and O–H groups in total. The van der Waals surface area contributed by atoms with Crippen LogP contribution >= 0.6 is 11.3 Å². The second kappa shape index (κ2) is 6.40. The Morgan fingerprint density at radius 3 is 2.86 bits per heavy atom. The summed E-state index contributed by atoms with van der Waals surface area (Å²) in [5.41, 5.74) is 4.93. The van der Waals surface area contributed by atoms with Gasteiger partial charge in [-0.15, -0.1) is 11.3 Å². The first-order valence-corrected chi connectivity index (χ1v) is 7.21. The second-order valence-electron chi connectivity index (χ2n) is 4.55. The maximum atomic E-state index is 11.6. The molecule has 0 bridgehead atoms. The minimum Gasteiger partial charge on any atom is -0.493 e. The van der Waals surface area contributed by atoms with Crippen molar-refractivity contribution in [1.82, 2.24) is 9.97 Å². The number of nitrogens with zero attached hydrogens (tertiary/aromatic N) is 1. The molecule has 0 aromatic carbocycles. The SMILES string of the molecule is Nc1nc(O)c(CCC[C@H](C(=O)O)c2cccs2)c(=O)[nH]1. The number of nitrogen functional groups attached to an aromatic ring is 1. The molecule has 8 heteroatoms. The minimum absolute atomic E-state index is 0.125. The highest BCUT2D eigenvalue weighted by Gasteiger charge is 2.21. The molecule has 0 saturated carbocycles. The van der Waals surface area contributed by atoms with E-state index < -0.39 is 23.3 Å². The molecule has 0 aliphatic heterocycles. The lowest BCUT2D eigenvalue weighted by molar-refractivity contribution is -0.138. The van der Waals surface area contributed by atoms with E-state index >= 15 is 0 Å². The molecule has 0 aliphatic rings. The summed E-state index contributed by atoms with van der Waals surface area (Å²) in [6.07, 6.45) is 1.06. The van der Waals surface area contributed by atoms with E-state index in [1.807, 2.05) is 5.38 Å². The van der Waals surface area contributed by atoms with Crippen LogP contribution < -0.4 is 11.3 Å². The number of carboxylic acids is 1. The van der Waals surface area contributed by atoms with Gasteiger partial charge in [0.25, 0.3) is 5.56 Å². The lowest BCUT2D eigenvalue weighted by Gasteiger charge is -2.10. The molecule has 2 rings (SSSR count). The average Bonchev–Trinajstić information content (AvgIpc) is 2.89. The molecule has 2 heterocycles. The van der Waals surface area contributed by atoms with E-state index in [0.717, 1.165) is 4.88 Å². The number of nitrogens with one attached hydrogen (secondary N) is 1. The highest BCUT2D eigenvalue weighted by atomic mass is 32.1.